The molecule has 0 saturated carbocycles. The molecule has 0 saturated heterocycles. The van der Waals surface area contributed by atoms with Crippen molar-refractivity contribution in [3.8, 4) is 0 Å². The van der Waals surface area contributed by atoms with Gasteiger partial charge in [0.05, 0.1) is 6.61 Å². The van der Waals surface area contributed by atoms with E-state index in [4.69, 9.17) is 10.5 Å². The number of amides is 1. The van der Waals surface area contributed by atoms with Gasteiger partial charge in [0.25, 0.3) is 5.91 Å². The lowest BCUT2D eigenvalue weighted by atomic mass is 10.2. The number of anilines is 1. The molecule has 0 heterocycles. The SMILES string of the molecule is C=C(C)C(=O)OCCCCNC(=O)c1ccc(N)cc1. The van der Waals surface area contributed by atoms with Gasteiger partial charge >= 0.3 is 5.97 Å². The quantitative estimate of drug-likeness (QED) is 0.345. The van der Waals surface area contributed by atoms with Gasteiger partial charge in [0, 0.05) is 23.4 Å². The van der Waals surface area contributed by atoms with Gasteiger partial charge < -0.3 is 15.8 Å². The third-order valence-electron chi connectivity index (χ3n) is 2.61. The molecule has 3 N–H and O–H groups in total. The van der Waals surface area contributed by atoms with Gasteiger partial charge in [0.2, 0.25) is 0 Å². The molecule has 0 atom stereocenters. The average molecular weight is 276 g/mol. The van der Waals surface area contributed by atoms with E-state index in [1.807, 2.05) is 0 Å². The van der Waals surface area contributed by atoms with Crippen molar-refractivity contribution < 1.29 is 14.3 Å². The minimum Gasteiger partial charge on any atom is -0.462 e. The van der Waals surface area contributed by atoms with Crippen LogP contribution in [0.2, 0.25) is 0 Å². The van der Waals surface area contributed by atoms with Crippen LogP contribution in [-0.2, 0) is 9.53 Å². The van der Waals surface area contributed by atoms with E-state index in [1.165, 1.54) is 0 Å². The molecular weight excluding hydrogens is 256 g/mol. The van der Waals surface area contributed by atoms with Gasteiger partial charge in [-0.2, -0.15) is 0 Å². The van der Waals surface area contributed by atoms with Gasteiger partial charge in [-0.1, -0.05) is 6.58 Å². The molecule has 5 heteroatoms. The zero-order valence-electron chi connectivity index (χ0n) is 11.6. The summed E-state index contributed by atoms with van der Waals surface area (Å²) >= 11 is 0. The smallest absolute Gasteiger partial charge is 0.333 e. The van der Waals surface area contributed by atoms with E-state index in [0.29, 0.717) is 36.4 Å². The average Bonchev–Trinajstić information content (AvgIpc) is 2.42. The Morgan fingerprint density at radius 2 is 1.90 bits per heavy atom. The maximum absolute atomic E-state index is 11.7. The summed E-state index contributed by atoms with van der Waals surface area (Å²) in [6.45, 7) is 5.97. The fourth-order valence-corrected chi connectivity index (χ4v) is 1.45. The summed E-state index contributed by atoms with van der Waals surface area (Å²) in [6.07, 6.45) is 1.44. The maximum atomic E-state index is 11.7. The fraction of sp³-hybridized carbons (Fsp3) is 0.333. The van der Waals surface area contributed by atoms with Crippen molar-refractivity contribution in [3.63, 3.8) is 0 Å². The van der Waals surface area contributed by atoms with Crippen LogP contribution in [0.1, 0.15) is 30.1 Å². The van der Waals surface area contributed by atoms with E-state index in [1.54, 1.807) is 31.2 Å². The van der Waals surface area contributed by atoms with E-state index in [9.17, 15) is 9.59 Å². The predicted molar refractivity (Wildman–Crippen MR) is 78.2 cm³/mol. The monoisotopic (exact) mass is 276 g/mol. The predicted octanol–water partition coefficient (Wildman–Crippen LogP) is 1.90. The Hall–Kier alpha value is -2.30. The van der Waals surface area contributed by atoms with E-state index >= 15 is 0 Å². The highest BCUT2D eigenvalue weighted by molar-refractivity contribution is 5.94. The summed E-state index contributed by atoms with van der Waals surface area (Å²) in [5.41, 5.74) is 7.14. The number of esters is 1. The highest BCUT2D eigenvalue weighted by Crippen LogP contribution is 2.05. The number of ether oxygens (including phenoxy) is 1. The van der Waals surface area contributed by atoms with Crippen molar-refractivity contribution in [1.82, 2.24) is 5.32 Å². The molecule has 1 aromatic rings. The Morgan fingerprint density at radius 3 is 2.50 bits per heavy atom. The van der Waals surface area contributed by atoms with Crippen molar-refractivity contribution in [3.05, 3.63) is 42.0 Å². The molecule has 0 radical (unpaired) electrons. The molecule has 0 aliphatic carbocycles. The van der Waals surface area contributed by atoms with Gasteiger partial charge in [0.15, 0.2) is 0 Å². The van der Waals surface area contributed by atoms with Crippen molar-refractivity contribution in [2.45, 2.75) is 19.8 Å². The first-order valence-corrected chi connectivity index (χ1v) is 6.47. The number of hydrogen-bond donors (Lipinski definition) is 2. The maximum Gasteiger partial charge on any atom is 0.333 e. The third kappa shape index (κ3) is 5.56. The van der Waals surface area contributed by atoms with Crippen LogP contribution in [0.25, 0.3) is 0 Å². The van der Waals surface area contributed by atoms with Crippen LogP contribution >= 0.6 is 0 Å². The molecule has 0 aromatic heterocycles. The van der Waals surface area contributed by atoms with E-state index in [0.717, 1.165) is 6.42 Å². The lowest BCUT2D eigenvalue weighted by Gasteiger charge is -2.06. The van der Waals surface area contributed by atoms with Gasteiger partial charge in [0.1, 0.15) is 0 Å². The molecule has 0 fully saturated rings. The second-order valence-corrected chi connectivity index (χ2v) is 4.50. The second-order valence-electron chi connectivity index (χ2n) is 4.50. The number of nitrogens with one attached hydrogen (secondary N) is 1. The van der Waals surface area contributed by atoms with Crippen LogP contribution in [-0.4, -0.2) is 25.0 Å². The topological polar surface area (TPSA) is 81.4 Å². The van der Waals surface area contributed by atoms with Crippen LogP contribution in [0.4, 0.5) is 5.69 Å². The number of nitrogens with two attached hydrogens (primary N) is 1. The van der Waals surface area contributed by atoms with Crippen molar-refractivity contribution in [2.24, 2.45) is 0 Å². The summed E-state index contributed by atoms with van der Waals surface area (Å²) in [6, 6.07) is 6.73. The summed E-state index contributed by atoms with van der Waals surface area (Å²) < 4.78 is 4.94. The number of nitrogen functional groups attached to an aromatic ring is 1. The van der Waals surface area contributed by atoms with E-state index in [-0.39, 0.29) is 11.9 Å². The first kappa shape index (κ1) is 15.8. The van der Waals surface area contributed by atoms with Crippen LogP contribution in [0, 0.1) is 0 Å². The zero-order chi connectivity index (χ0) is 15.0. The molecule has 0 aliphatic heterocycles. The largest absolute Gasteiger partial charge is 0.462 e. The number of rotatable bonds is 7. The number of benzene rings is 1. The second kappa shape index (κ2) is 7.99. The molecule has 0 aliphatic rings. The molecule has 1 amide bonds. The molecule has 0 unspecified atom stereocenters. The van der Waals surface area contributed by atoms with Gasteiger partial charge in [-0.3, -0.25) is 4.79 Å². The molecule has 108 valence electrons. The van der Waals surface area contributed by atoms with E-state index < -0.39 is 0 Å². The molecule has 0 bridgehead atoms. The number of carbonyl (C=O) groups is 2. The van der Waals surface area contributed by atoms with Crippen LogP contribution < -0.4 is 11.1 Å². The lowest BCUT2D eigenvalue weighted by Crippen LogP contribution is -2.24. The standard InChI is InChI=1S/C15H20N2O3/c1-11(2)15(19)20-10-4-3-9-17-14(18)12-5-7-13(16)8-6-12/h5-8H,1,3-4,9-10,16H2,2H3,(H,17,18). The van der Waals surface area contributed by atoms with Crippen molar-refractivity contribution in [1.29, 1.82) is 0 Å². The molecule has 5 nitrogen and oxygen atoms in total. The first-order valence-electron chi connectivity index (χ1n) is 6.47. The molecule has 20 heavy (non-hydrogen) atoms. The molecule has 1 aromatic carbocycles. The fourth-order valence-electron chi connectivity index (χ4n) is 1.45. The van der Waals surface area contributed by atoms with Crippen LogP contribution in [0.5, 0.6) is 0 Å². The zero-order valence-corrected chi connectivity index (χ0v) is 11.6. The molecular formula is C15H20N2O3. The Kier molecular flexibility index (Phi) is 6.29. The Morgan fingerprint density at radius 1 is 1.25 bits per heavy atom. The lowest BCUT2D eigenvalue weighted by molar-refractivity contribution is -0.139. The van der Waals surface area contributed by atoms with Crippen molar-refractivity contribution >= 4 is 17.6 Å². The summed E-state index contributed by atoms with van der Waals surface area (Å²) in [5, 5.41) is 2.79. The van der Waals surface area contributed by atoms with Gasteiger partial charge in [-0.05, 0) is 44.0 Å². The van der Waals surface area contributed by atoms with Gasteiger partial charge in [-0.25, -0.2) is 4.79 Å². The highest BCUT2D eigenvalue weighted by Gasteiger charge is 2.04. The summed E-state index contributed by atoms with van der Waals surface area (Å²) in [7, 11) is 0. The number of carbonyl (C=O) groups excluding carboxylic acids is 2. The Balaban J connectivity index is 2.15. The third-order valence-corrected chi connectivity index (χ3v) is 2.61. The summed E-state index contributed by atoms with van der Waals surface area (Å²) in [4.78, 5) is 22.8. The van der Waals surface area contributed by atoms with Crippen LogP contribution in [0.15, 0.2) is 36.4 Å². The summed E-state index contributed by atoms with van der Waals surface area (Å²) in [5.74, 6) is -0.514. The van der Waals surface area contributed by atoms with Crippen LogP contribution in [0.3, 0.4) is 0 Å². The Bertz CT molecular complexity index is 480. The minimum atomic E-state index is -0.379. The highest BCUT2D eigenvalue weighted by atomic mass is 16.5. The first-order chi connectivity index (χ1) is 9.50. The minimum absolute atomic E-state index is 0.135. The normalized spacial score (nSPS) is 9.85. The Labute approximate surface area is 118 Å². The molecule has 1 rings (SSSR count). The van der Waals surface area contributed by atoms with E-state index in [2.05, 4.69) is 11.9 Å². The van der Waals surface area contributed by atoms with Gasteiger partial charge in [-0.15, -0.1) is 0 Å². The molecule has 0 spiro atoms. The number of hydrogen-bond acceptors (Lipinski definition) is 4. The van der Waals surface area contributed by atoms with Crippen molar-refractivity contribution in [2.75, 3.05) is 18.9 Å². The number of unbranched alkanes of at least 4 members (excludes halogenated alkanes) is 1.